The molecule has 43 heavy (non-hydrogen) atoms. The van der Waals surface area contributed by atoms with Gasteiger partial charge in [0.25, 0.3) is 6.54 Å². The van der Waals surface area contributed by atoms with E-state index in [2.05, 4.69) is 46.4 Å². The highest BCUT2D eigenvalue weighted by Gasteiger charge is 2.10. The first-order valence-electron chi connectivity index (χ1n) is 11.2. The number of aryl methyl sites for hydroxylation is 2. The molecule has 11 nitrogen and oxygen atoms in total. The third-order valence-corrected chi connectivity index (χ3v) is 7.89. The number of nitrogens with two attached hydrogens (primary N) is 4. The van der Waals surface area contributed by atoms with Gasteiger partial charge in [-0.3, -0.25) is 0 Å². The molecule has 0 unspecified atom stereocenters. The predicted octanol–water partition coefficient (Wildman–Crippen LogP) is 8.37. The smallest absolute Gasteiger partial charge is 0.298 e. The number of ether oxygens (including phenoxy) is 1. The van der Waals surface area contributed by atoms with Gasteiger partial charge in [0.15, 0.2) is 5.88 Å². The molecule has 0 bridgehead atoms. The van der Waals surface area contributed by atoms with Crippen LogP contribution in [-0.4, -0.2) is 13.2 Å². The van der Waals surface area contributed by atoms with Crippen molar-refractivity contribution in [3.8, 4) is 18.2 Å². The summed E-state index contributed by atoms with van der Waals surface area (Å²) in [4.78, 5) is 11.4. The Morgan fingerprint density at radius 2 is 1.49 bits per heavy atom. The van der Waals surface area contributed by atoms with Crippen LogP contribution >= 0.6 is 80.4 Å². The third-order valence-electron chi connectivity index (χ3n) is 3.97. The van der Waals surface area contributed by atoms with E-state index in [-0.39, 0.29) is 38.0 Å². The molecule has 0 saturated carbocycles. The molecule has 232 valence electrons. The molecule has 0 fully saturated rings. The second kappa shape index (κ2) is 29.9. The second-order valence-electron chi connectivity index (χ2n) is 6.68. The fraction of sp³-hybridized carbons (Fsp3) is 0.308. The number of halogens is 3. The van der Waals surface area contributed by atoms with Crippen LogP contribution in [0.1, 0.15) is 36.9 Å². The Morgan fingerprint density at radius 1 is 0.977 bits per heavy atom. The van der Waals surface area contributed by atoms with Crippen molar-refractivity contribution in [3.63, 3.8) is 0 Å². The van der Waals surface area contributed by atoms with E-state index in [1.807, 2.05) is 27.7 Å². The van der Waals surface area contributed by atoms with Crippen LogP contribution in [0.15, 0.2) is 31.5 Å². The van der Waals surface area contributed by atoms with Gasteiger partial charge in [-0.25, -0.2) is 16.3 Å². The van der Waals surface area contributed by atoms with Crippen LogP contribution in [-0.2, 0) is 4.74 Å². The molecule has 0 aromatic carbocycles. The Morgan fingerprint density at radius 3 is 1.63 bits per heavy atom. The summed E-state index contributed by atoms with van der Waals surface area (Å²) in [6.45, 7) is 29.5. The Labute approximate surface area is 292 Å². The first kappa shape index (κ1) is 49.1. The maximum Gasteiger partial charge on any atom is 0.298 e. The van der Waals surface area contributed by atoms with Crippen LogP contribution in [0.5, 0.6) is 0 Å². The number of thiophene rings is 2. The van der Waals surface area contributed by atoms with Gasteiger partial charge in [0, 0.05) is 19.9 Å². The van der Waals surface area contributed by atoms with Gasteiger partial charge in [-0.05, 0) is 40.2 Å². The van der Waals surface area contributed by atoms with Gasteiger partial charge < -0.3 is 32.5 Å². The zero-order valence-electron chi connectivity index (χ0n) is 24.1. The molecule has 0 spiro atoms. The quantitative estimate of drug-likeness (QED) is 0.103. The number of allylic oxidation sites excluding steroid dienone is 3. The highest BCUT2D eigenvalue weighted by molar-refractivity contribution is 9.11. The fourth-order valence-corrected chi connectivity index (χ4v) is 5.32. The maximum atomic E-state index is 8.22. The van der Waals surface area contributed by atoms with Crippen LogP contribution in [0.2, 0.25) is 0 Å². The summed E-state index contributed by atoms with van der Waals surface area (Å²) in [6, 6.07) is 5.06. The van der Waals surface area contributed by atoms with Crippen molar-refractivity contribution in [1.29, 1.82) is 15.8 Å². The van der Waals surface area contributed by atoms with Crippen molar-refractivity contribution >= 4 is 102 Å². The molecule has 8 N–H and O–H groups in total. The number of anilines is 2. The average molecular weight is 793 g/mol. The number of rotatable bonds is 3. The monoisotopic (exact) mass is 790 g/mol. The van der Waals surface area contributed by atoms with Crippen LogP contribution in [0.25, 0.3) is 14.5 Å². The molecule has 0 amide bonds. The molecule has 2 heterocycles. The van der Waals surface area contributed by atoms with E-state index in [4.69, 9.17) is 63.2 Å². The van der Waals surface area contributed by atoms with E-state index in [1.165, 1.54) is 11.3 Å². The maximum absolute atomic E-state index is 8.22. The van der Waals surface area contributed by atoms with Gasteiger partial charge in [0.1, 0.15) is 23.8 Å². The molecule has 0 atom stereocenters. The number of nitrogens with zero attached hydrogens (tertiary/aromatic N) is 6. The molecule has 0 aliphatic heterocycles. The first-order valence-corrected chi connectivity index (χ1v) is 14.4. The van der Waals surface area contributed by atoms with E-state index in [0.717, 1.165) is 18.0 Å². The number of hydrogen-bond acceptors (Lipinski definition) is 10. The van der Waals surface area contributed by atoms with Crippen LogP contribution in [0, 0.1) is 67.6 Å². The summed E-state index contributed by atoms with van der Waals surface area (Å²) >= 11 is 9.57. The molecular weight excluding hydrogens is 760 g/mol. The van der Waals surface area contributed by atoms with Crippen LogP contribution in [0.3, 0.4) is 0 Å². The normalized spacial score (nSPS) is 8.16. The lowest BCUT2D eigenvalue weighted by Crippen LogP contribution is -2.00. The van der Waals surface area contributed by atoms with Gasteiger partial charge >= 0.3 is 0 Å². The summed E-state index contributed by atoms with van der Waals surface area (Å²) in [5, 5.41) is 24.6. The SMILES string of the molecule is C/C=C(\N)OCC.CCC(N)=C(C#N)C#N.Cl.S.[C-]#[N+]CC#N.[C-]#[N+]c1c(Br)sc(C)c1Br.[C-]#[N+]c1c(N)sc(C)c1N. The summed E-state index contributed by atoms with van der Waals surface area (Å²) in [6.07, 6.45) is 2.28. The van der Waals surface area contributed by atoms with Crippen LogP contribution in [0.4, 0.5) is 22.1 Å². The van der Waals surface area contributed by atoms with Gasteiger partial charge in [0.2, 0.25) is 11.4 Å². The molecule has 0 saturated heterocycles. The van der Waals surface area contributed by atoms with Crippen molar-refractivity contribution in [2.45, 2.75) is 41.0 Å². The summed E-state index contributed by atoms with van der Waals surface area (Å²) < 4.78 is 6.66. The molecule has 2 aromatic rings. The van der Waals surface area contributed by atoms with E-state index in [9.17, 15) is 0 Å². The van der Waals surface area contributed by atoms with E-state index < -0.39 is 0 Å². The van der Waals surface area contributed by atoms with Gasteiger partial charge in [-0.2, -0.15) is 29.3 Å². The molecule has 2 rings (SSSR count). The number of nitriles is 3. The first-order chi connectivity index (χ1) is 19.3. The average Bonchev–Trinajstić information content (AvgIpc) is 3.35. The van der Waals surface area contributed by atoms with Crippen molar-refractivity contribution < 1.29 is 4.74 Å². The second-order valence-corrected chi connectivity index (χ2v) is 11.3. The van der Waals surface area contributed by atoms with E-state index in [1.54, 1.807) is 42.5 Å². The largest absolute Gasteiger partial charge is 0.480 e. The van der Waals surface area contributed by atoms with Gasteiger partial charge in [-0.1, -0.05) is 38.8 Å². The topological polar surface area (TPSA) is 198 Å². The Kier molecular flexibility index (Phi) is 34.1. The zero-order chi connectivity index (χ0) is 32.5. The Bertz CT molecular complexity index is 1350. The van der Waals surface area contributed by atoms with Gasteiger partial charge in [-0.15, -0.1) is 35.1 Å². The highest BCUT2D eigenvalue weighted by Crippen LogP contribution is 2.42. The fourth-order valence-electron chi connectivity index (χ4n) is 1.89. The molecule has 2 aromatic heterocycles. The van der Waals surface area contributed by atoms with Crippen molar-refractivity contribution in [1.82, 2.24) is 0 Å². The zero-order valence-corrected chi connectivity index (χ0v) is 30.7. The standard InChI is InChI=1S/C6H3Br2NS.C6H7N3S.C6H7N3.C5H11NO.C3H2N2.ClH.H2S/c2*1-3-4(7)5(9-2)6(8)10-3;1-2-6(9)5(3-7)4-8;1-3-5(6)7-4-2;1-5-3-2-4;;/h1H3;7-8H2,1H3;2,9H2,1H3;3H,4,6H2,1-2H3;3H2;1H;1H2/b;;;5-3+;;;. The van der Waals surface area contributed by atoms with Crippen molar-refractivity contribution in [3.05, 3.63) is 75.5 Å². The summed E-state index contributed by atoms with van der Waals surface area (Å²) in [7, 11) is 0. The lowest BCUT2D eigenvalue weighted by atomic mass is 10.2. The minimum atomic E-state index is -0.0139. The van der Waals surface area contributed by atoms with E-state index >= 15 is 0 Å². The summed E-state index contributed by atoms with van der Waals surface area (Å²) in [5.41, 5.74) is 23.5. The third kappa shape index (κ3) is 20.9. The minimum absolute atomic E-state index is 0. The van der Waals surface area contributed by atoms with Crippen molar-refractivity contribution in [2.24, 2.45) is 11.5 Å². The predicted molar refractivity (Wildman–Crippen MR) is 192 cm³/mol. The lowest BCUT2D eigenvalue weighted by Gasteiger charge is -1.97. The van der Waals surface area contributed by atoms with E-state index in [0.29, 0.717) is 46.7 Å². The molecule has 17 heteroatoms. The van der Waals surface area contributed by atoms with Crippen LogP contribution < -0.4 is 22.9 Å². The molecule has 0 radical (unpaired) electrons. The van der Waals surface area contributed by atoms with Gasteiger partial charge in [0.05, 0.1) is 34.2 Å². The Hall–Kier alpha value is -3.58. The summed E-state index contributed by atoms with van der Waals surface area (Å²) in [5.74, 6) is 0.502. The highest BCUT2D eigenvalue weighted by atomic mass is 79.9. The molecular formula is C26H33Br2ClN10OS3. The lowest BCUT2D eigenvalue weighted by molar-refractivity contribution is 0.226. The molecule has 0 aliphatic carbocycles. The number of hydrogen-bond donors (Lipinski definition) is 4. The molecule has 0 aliphatic rings. The number of nitrogen functional groups attached to an aromatic ring is 2. The minimum Gasteiger partial charge on any atom is -0.480 e. The van der Waals surface area contributed by atoms with Crippen molar-refractivity contribution in [2.75, 3.05) is 24.6 Å². The Balaban J connectivity index is -0.000000141.